The van der Waals surface area contributed by atoms with Crippen LogP contribution in [0.5, 0.6) is 11.5 Å². The molecular formula is C41H48F6N4O6S. The summed E-state index contributed by atoms with van der Waals surface area (Å²) in [6.07, 6.45) is -4.68. The molecular weight excluding hydrogens is 791 g/mol. The second kappa shape index (κ2) is 16.7. The van der Waals surface area contributed by atoms with E-state index < -0.39 is 68.9 Å². The fourth-order valence-electron chi connectivity index (χ4n) is 8.63. The van der Waals surface area contributed by atoms with Crippen molar-refractivity contribution in [3.05, 3.63) is 75.7 Å². The minimum Gasteiger partial charge on any atom is -0.490 e. The van der Waals surface area contributed by atoms with Gasteiger partial charge in [0.25, 0.3) is 11.8 Å². The smallest absolute Gasteiger partial charge is 0.425 e. The number of halogens is 6. The quantitative estimate of drug-likeness (QED) is 0.163. The Bertz CT molecular complexity index is 1960. The average molecular weight is 839 g/mol. The van der Waals surface area contributed by atoms with Crippen LogP contribution < -0.4 is 15.2 Å². The van der Waals surface area contributed by atoms with Gasteiger partial charge in [-0.1, -0.05) is 38.0 Å². The van der Waals surface area contributed by atoms with Crippen molar-refractivity contribution in [3.63, 3.8) is 0 Å². The summed E-state index contributed by atoms with van der Waals surface area (Å²) in [4.78, 5) is 46.5. The summed E-state index contributed by atoms with van der Waals surface area (Å²) < 4.78 is 96.3. The molecule has 3 aromatic rings. The molecule has 0 spiro atoms. The molecule has 316 valence electrons. The van der Waals surface area contributed by atoms with Gasteiger partial charge in [0.05, 0.1) is 23.1 Å². The van der Waals surface area contributed by atoms with E-state index in [0.717, 1.165) is 41.1 Å². The zero-order chi connectivity index (χ0) is 42.1. The molecule has 2 aromatic heterocycles. The van der Waals surface area contributed by atoms with Gasteiger partial charge < -0.3 is 30.1 Å². The van der Waals surface area contributed by atoms with Crippen LogP contribution >= 0.6 is 11.3 Å². The molecule has 0 radical (unpaired) electrons. The van der Waals surface area contributed by atoms with Gasteiger partial charge in [-0.15, -0.1) is 11.3 Å². The Morgan fingerprint density at radius 2 is 1.69 bits per heavy atom. The molecule has 0 unspecified atom stereocenters. The number of likely N-dealkylation sites (tertiary alicyclic amines) is 2. The Morgan fingerprint density at radius 1 is 0.983 bits per heavy atom. The van der Waals surface area contributed by atoms with E-state index in [9.17, 15) is 41.0 Å². The lowest BCUT2D eigenvalue weighted by molar-refractivity contribution is -0.161. The molecule has 1 aromatic carbocycles. The second-order valence-corrected chi connectivity index (χ2v) is 16.7. The molecule has 3 fully saturated rings. The lowest BCUT2D eigenvalue weighted by atomic mass is 9.66. The number of piperidine rings is 2. The molecule has 2 saturated heterocycles. The number of pyridine rings is 1. The summed E-state index contributed by atoms with van der Waals surface area (Å²) in [5.74, 6) is -2.18. The van der Waals surface area contributed by atoms with Crippen LogP contribution in [0.25, 0.3) is 0 Å². The maximum absolute atomic E-state index is 15.0. The maximum atomic E-state index is 15.0. The largest absolute Gasteiger partial charge is 0.490 e. The molecule has 1 saturated carbocycles. The first-order chi connectivity index (χ1) is 27.3. The summed E-state index contributed by atoms with van der Waals surface area (Å²) in [5.41, 5.74) is 2.02. The maximum Gasteiger partial charge on any atom is 0.425 e. The minimum atomic E-state index is -4.91. The van der Waals surface area contributed by atoms with Gasteiger partial charge in [0.15, 0.2) is 0 Å². The van der Waals surface area contributed by atoms with Gasteiger partial charge in [-0.25, -0.2) is 0 Å². The lowest BCUT2D eigenvalue weighted by Crippen LogP contribution is -2.69. The highest BCUT2D eigenvalue weighted by atomic mass is 32.1. The van der Waals surface area contributed by atoms with Crippen LogP contribution in [0.2, 0.25) is 0 Å². The molecule has 2 amide bonds. The van der Waals surface area contributed by atoms with Crippen molar-refractivity contribution < 1.29 is 55.3 Å². The highest BCUT2D eigenvalue weighted by Gasteiger charge is 2.57. The van der Waals surface area contributed by atoms with Crippen LogP contribution in [0.3, 0.4) is 0 Å². The van der Waals surface area contributed by atoms with E-state index in [4.69, 9.17) is 15.2 Å². The average Bonchev–Trinajstić information content (AvgIpc) is 3.64. The zero-order valence-electron chi connectivity index (χ0n) is 32.3. The third kappa shape index (κ3) is 8.66. The van der Waals surface area contributed by atoms with Gasteiger partial charge in [0.2, 0.25) is 5.60 Å². The van der Waals surface area contributed by atoms with Gasteiger partial charge in [0.1, 0.15) is 22.1 Å². The van der Waals surface area contributed by atoms with Crippen LogP contribution in [0.4, 0.5) is 26.3 Å². The number of alkyl halides is 6. The molecule has 58 heavy (non-hydrogen) atoms. The third-order valence-electron chi connectivity index (χ3n) is 12.0. The van der Waals surface area contributed by atoms with Crippen LogP contribution in [0.15, 0.2) is 54.0 Å². The number of aromatic nitrogens is 1. The van der Waals surface area contributed by atoms with E-state index in [1.165, 1.54) is 4.90 Å². The fourth-order valence-corrected chi connectivity index (χ4v) is 9.31. The third-order valence-corrected chi connectivity index (χ3v) is 13.0. The number of nitrogens with zero attached hydrogens (tertiary/aromatic N) is 3. The summed E-state index contributed by atoms with van der Waals surface area (Å²) in [5, 5.41) is 10.9. The molecule has 0 bridgehead atoms. The number of para-hydroxylation sites is 1. The Kier molecular flexibility index (Phi) is 12.4. The number of amides is 2. The topological polar surface area (TPSA) is 135 Å². The van der Waals surface area contributed by atoms with Crippen LogP contribution in [-0.4, -0.2) is 75.1 Å². The molecule has 4 heterocycles. The van der Waals surface area contributed by atoms with Gasteiger partial charge in [-0.05, 0) is 76.5 Å². The number of carboxylic acids is 1. The highest BCUT2D eigenvalue weighted by molar-refractivity contribution is 7.10. The first kappa shape index (κ1) is 43.2. The standard InChI is InChI=1S/C41H48F6N4O6S/c1-3-9-31-39(57-27-24-32(58-25-27)41(45,46)47,16-8-21-51(31)34(52)33-29(40(42,43)44)11-6-20-49-33)35(53)50-22-18-38(48,19-23-50)28-10-4-5-12-30(28)56-26(2)13-17-37(36(54)55)14-7-15-37/h4-6,10-12,20,24-26,31H,3,7-9,13-19,21-23,48H2,1-2H3,(H,54,55)/t26-,31-,39+/m1/s1. The van der Waals surface area contributed by atoms with E-state index in [1.54, 1.807) is 19.1 Å². The number of carboxylic acid groups (broad SMARTS) is 1. The van der Waals surface area contributed by atoms with E-state index in [0.29, 0.717) is 54.8 Å². The molecule has 3 atom stereocenters. The number of ether oxygens (including phenoxy) is 2. The molecule has 1 aliphatic carbocycles. The van der Waals surface area contributed by atoms with Gasteiger partial charge in [-0.3, -0.25) is 19.4 Å². The van der Waals surface area contributed by atoms with Crippen LogP contribution in [-0.2, 0) is 27.5 Å². The van der Waals surface area contributed by atoms with E-state index in [1.807, 2.05) is 19.1 Å². The normalized spacial score (nSPS) is 22.5. The van der Waals surface area contributed by atoms with E-state index >= 15 is 4.79 Å². The number of thiophene rings is 1. The number of aliphatic carboxylic acids is 1. The number of hydrogen-bond donors (Lipinski definition) is 2. The van der Waals surface area contributed by atoms with Crippen molar-refractivity contribution in [2.45, 2.75) is 120 Å². The first-order valence-electron chi connectivity index (χ1n) is 19.6. The Morgan fingerprint density at radius 3 is 2.29 bits per heavy atom. The lowest BCUT2D eigenvalue weighted by Gasteiger charge is -2.51. The molecule has 6 rings (SSSR count). The zero-order valence-corrected chi connectivity index (χ0v) is 33.2. The predicted octanol–water partition coefficient (Wildman–Crippen LogP) is 8.68. The number of carbonyl (C=O) groups excluding carboxylic acids is 2. The number of carbonyl (C=O) groups is 3. The molecule has 10 nitrogen and oxygen atoms in total. The van der Waals surface area contributed by atoms with Gasteiger partial charge in [0, 0.05) is 54.8 Å². The Labute approximate surface area is 336 Å². The van der Waals surface area contributed by atoms with Crippen LogP contribution in [0.1, 0.15) is 111 Å². The van der Waals surface area contributed by atoms with Gasteiger partial charge in [-0.2, -0.15) is 26.3 Å². The van der Waals surface area contributed by atoms with Crippen molar-refractivity contribution in [2.75, 3.05) is 19.6 Å². The van der Waals surface area contributed by atoms with Crippen molar-refractivity contribution in [1.82, 2.24) is 14.8 Å². The minimum absolute atomic E-state index is 0.0200. The predicted molar refractivity (Wildman–Crippen MR) is 202 cm³/mol. The van der Waals surface area contributed by atoms with E-state index in [-0.39, 0.29) is 63.6 Å². The van der Waals surface area contributed by atoms with E-state index in [2.05, 4.69) is 4.98 Å². The first-order valence-corrected chi connectivity index (χ1v) is 20.5. The summed E-state index contributed by atoms with van der Waals surface area (Å²) in [7, 11) is 0. The van der Waals surface area contributed by atoms with Crippen molar-refractivity contribution in [2.24, 2.45) is 11.1 Å². The second-order valence-electron chi connectivity index (χ2n) is 15.8. The number of nitrogens with two attached hydrogens (primary N) is 1. The Balaban J connectivity index is 1.27. The van der Waals surface area contributed by atoms with Crippen molar-refractivity contribution >= 4 is 29.1 Å². The van der Waals surface area contributed by atoms with Crippen molar-refractivity contribution in [1.29, 1.82) is 0 Å². The van der Waals surface area contributed by atoms with Gasteiger partial charge >= 0.3 is 18.3 Å². The van der Waals surface area contributed by atoms with Crippen molar-refractivity contribution in [3.8, 4) is 11.5 Å². The number of rotatable bonds is 13. The highest BCUT2D eigenvalue weighted by Crippen LogP contribution is 2.47. The Hall–Kier alpha value is -4.38. The molecule has 17 heteroatoms. The molecule has 3 aliphatic rings. The summed E-state index contributed by atoms with van der Waals surface area (Å²) in [6, 6.07) is 8.70. The SMILES string of the molecule is CCC[C@H]1N(C(=O)c2ncccc2C(F)(F)F)CCC[C@@]1(Oc1csc(C(F)(F)F)c1)C(=O)N1CCC(N)(c2ccccc2O[C@H](C)CCC2(C(=O)O)CCC2)CC1. The summed E-state index contributed by atoms with van der Waals surface area (Å²) in [6.45, 7) is 3.79. The fraction of sp³-hybridized carbons (Fsp3) is 0.561. The number of hydrogen-bond acceptors (Lipinski definition) is 8. The monoisotopic (exact) mass is 838 g/mol. The summed E-state index contributed by atoms with van der Waals surface area (Å²) >= 11 is 0.381. The number of benzene rings is 1. The molecule has 3 N–H and O–H groups in total. The molecule has 2 aliphatic heterocycles. The van der Waals surface area contributed by atoms with Crippen LogP contribution in [0, 0.1) is 5.41 Å².